The molecule has 1 aliphatic heterocycles. The molecule has 1 heterocycles. The number of fused-ring (bicyclic) bond motifs is 1. The van der Waals surface area contributed by atoms with E-state index in [1.807, 2.05) is 87.5 Å². The Labute approximate surface area is 231 Å². The molecule has 0 bridgehead atoms. The first kappa shape index (κ1) is 28.3. The first-order valence-electron chi connectivity index (χ1n) is 14.0. The third-order valence-corrected chi connectivity index (χ3v) is 8.02. The second kappa shape index (κ2) is 12.9. The molecule has 7 nitrogen and oxygen atoms in total. The van der Waals surface area contributed by atoms with E-state index in [1.54, 1.807) is 4.90 Å². The summed E-state index contributed by atoms with van der Waals surface area (Å²) in [6.07, 6.45) is 6.13. The van der Waals surface area contributed by atoms with Crippen molar-refractivity contribution in [2.24, 2.45) is 11.8 Å². The number of nitrogens with one attached hydrogen (secondary N) is 1. The SMILES string of the molecule is CC[C@H](C)NC(=O)[C@H](Cc1ccccc1)N(Cc1ccccc1C)C(=O)CCN1C(=O)[C@H]2CC=CC[C@H]2C1=O. The zero-order valence-electron chi connectivity index (χ0n) is 23.1. The van der Waals surface area contributed by atoms with Gasteiger partial charge in [0.2, 0.25) is 23.6 Å². The van der Waals surface area contributed by atoms with Crippen LogP contribution in [-0.4, -0.2) is 52.1 Å². The number of benzene rings is 2. The number of carbonyl (C=O) groups is 4. The number of imide groups is 1. The summed E-state index contributed by atoms with van der Waals surface area (Å²) in [4.78, 5) is 56.4. The highest BCUT2D eigenvalue weighted by Gasteiger charge is 2.47. The van der Waals surface area contributed by atoms with Crippen molar-refractivity contribution in [1.29, 1.82) is 0 Å². The molecule has 2 aromatic carbocycles. The van der Waals surface area contributed by atoms with Crippen LogP contribution >= 0.6 is 0 Å². The fourth-order valence-corrected chi connectivity index (χ4v) is 5.41. The molecule has 4 rings (SSSR count). The average molecular weight is 530 g/mol. The topological polar surface area (TPSA) is 86.8 Å². The molecule has 206 valence electrons. The van der Waals surface area contributed by atoms with Gasteiger partial charge in [-0.05, 0) is 49.8 Å². The van der Waals surface area contributed by atoms with E-state index in [2.05, 4.69) is 5.32 Å². The minimum atomic E-state index is -0.745. The van der Waals surface area contributed by atoms with Crippen molar-refractivity contribution >= 4 is 23.6 Å². The summed E-state index contributed by atoms with van der Waals surface area (Å²) in [5.74, 6) is -1.50. The van der Waals surface area contributed by atoms with Gasteiger partial charge >= 0.3 is 0 Å². The highest BCUT2D eigenvalue weighted by Crippen LogP contribution is 2.35. The van der Waals surface area contributed by atoms with Crippen LogP contribution in [0.4, 0.5) is 0 Å². The molecule has 2 aromatic rings. The number of aryl methyl sites for hydroxylation is 1. The van der Waals surface area contributed by atoms with Gasteiger partial charge in [0.15, 0.2) is 0 Å². The Hall–Kier alpha value is -3.74. The molecular formula is C32H39N3O4. The minimum Gasteiger partial charge on any atom is -0.352 e. The van der Waals surface area contributed by atoms with Gasteiger partial charge in [0.25, 0.3) is 0 Å². The zero-order chi connectivity index (χ0) is 27.9. The summed E-state index contributed by atoms with van der Waals surface area (Å²) in [6, 6.07) is 16.7. The van der Waals surface area contributed by atoms with Gasteiger partial charge < -0.3 is 10.2 Å². The summed E-state index contributed by atoms with van der Waals surface area (Å²) < 4.78 is 0. The number of hydrogen-bond acceptors (Lipinski definition) is 4. The molecule has 0 saturated carbocycles. The van der Waals surface area contributed by atoms with Gasteiger partial charge in [0.1, 0.15) is 6.04 Å². The van der Waals surface area contributed by atoms with Crippen LogP contribution in [0.2, 0.25) is 0 Å². The summed E-state index contributed by atoms with van der Waals surface area (Å²) in [7, 11) is 0. The monoisotopic (exact) mass is 529 g/mol. The summed E-state index contributed by atoms with van der Waals surface area (Å²) >= 11 is 0. The maximum absolute atomic E-state index is 13.9. The van der Waals surface area contributed by atoms with Gasteiger partial charge in [-0.25, -0.2) is 0 Å². The van der Waals surface area contributed by atoms with Gasteiger partial charge in [-0.2, -0.15) is 0 Å². The van der Waals surface area contributed by atoms with Crippen LogP contribution in [0.25, 0.3) is 0 Å². The summed E-state index contributed by atoms with van der Waals surface area (Å²) in [5, 5.41) is 3.07. The number of carbonyl (C=O) groups excluding carboxylic acids is 4. The van der Waals surface area contributed by atoms with Crippen LogP contribution in [0.5, 0.6) is 0 Å². The van der Waals surface area contributed by atoms with Crippen molar-refractivity contribution in [1.82, 2.24) is 15.1 Å². The second-order valence-electron chi connectivity index (χ2n) is 10.7. The number of hydrogen-bond donors (Lipinski definition) is 1. The molecule has 4 amide bonds. The highest BCUT2D eigenvalue weighted by molar-refractivity contribution is 6.05. The predicted octanol–water partition coefficient (Wildman–Crippen LogP) is 4.19. The molecule has 39 heavy (non-hydrogen) atoms. The lowest BCUT2D eigenvalue weighted by atomic mass is 9.85. The van der Waals surface area contributed by atoms with E-state index in [4.69, 9.17) is 0 Å². The Kier molecular flexibility index (Phi) is 9.33. The Balaban J connectivity index is 1.60. The van der Waals surface area contributed by atoms with Crippen LogP contribution in [0.15, 0.2) is 66.7 Å². The molecule has 1 aliphatic carbocycles. The Bertz CT molecular complexity index is 1200. The number of likely N-dealkylation sites (tertiary alicyclic amines) is 1. The number of nitrogens with zero attached hydrogens (tertiary/aromatic N) is 2. The van der Waals surface area contributed by atoms with Gasteiger partial charge in [0, 0.05) is 32.0 Å². The van der Waals surface area contributed by atoms with Crippen LogP contribution in [0, 0.1) is 18.8 Å². The smallest absolute Gasteiger partial charge is 0.243 e. The van der Waals surface area contributed by atoms with E-state index in [0.29, 0.717) is 19.3 Å². The van der Waals surface area contributed by atoms with Gasteiger partial charge in [-0.3, -0.25) is 24.1 Å². The maximum Gasteiger partial charge on any atom is 0.243 e. The van der Waals surface area contributed by atoms with Crippen molar-refractivity contribution in [2.75, 3.05) is 6.54 Å². The van der Waals surface area contributed by atoms with Crippen molar-refractivity contribution in [3.8, 4) is 0 Å². The normalized spacial score (nSPS) is 19.9. The second-order valence-corrected chi connectivity index (χ2v) is 10.7. The fourth-order valence-electron chi connectivity index (χ4n) is 5.41. The molecule has 0 radical (unpaired) electrons. The summed E-state index contributed by atoms with van der Waals surface area (Å²) in [6.45, 7) is 6.22. The van der Waals surface area contributed by atoms with Crippen molar-refractivity contribution in [3.05, 3.63) is 83.4 Å². The molecule has 2 aliphatic rings. The molecule has 1 fully saturated rings. The molecule has 0 unspecified atom stereocenters. The lowest BCUT2D eigenvalue weighted by Gasteiger charge is -2.33. The third-order valence-electron chi connectivity index (χ3n) is 8.02. The van der Waals surface area contributed by atoms with Crippen molar-refractivity contribution < 1.29 is 19.2 Å². The Morgan fingerprint density at radius 3 is 2.21 bits per heavy atom. The molecule has 7 heteroatoms. The fraction of sp³-hybridized carbons (Fsp3) is 0.438. The highest BCUT2D eigenvalue weighted by atomic mass is 16.2. The van der Waals surface area contributed by atoms with Crippen LogP contribution < -0.4 is 5.32 Å². The molecule has 1 N–H and O–H groups in total. The third kappa shape index (κ3) is 6.64. The van der Waals surface area contributed by atoms with E-state index >= 15 is 0 Å². The van der Waals surface area contributed by atoms with E-state index in [9.17, 15) is 19.2 Å². The Morgan fingerprint density at radius 2 is 1.59 bits per heavy atom. The van der Waals surface area contributed by atoms with Crippen molar-refractivity contribution in [3.63, 3.8) is 0 Å². The molecular weight excluding hydrogens is 490 g/mol. The van der Waals surface area contributed by atoms with Crippen molar-refractivity contribution in [2.45, 2.75) is 71.5 Å². The molecule has 0 aromatic heterocycles. The van der Waals surface area contributed by atoms with Crippen LogP contribution in [0.1, 0.15) is 56.2 Å². The summed E-state index contributed by atoms with van der Waals surface area (Å²) in [5.41, 5.74) is 2.93. The first-order chi connectivity index (χ1) is 18.8. The molecule has 0 spiro atoms. The average Bonchev–Trinajstić information content (AvgIpc) is 3.19. The number of rotatable bonds is 11. The molecule has 1 saturated heterocycles. The molecule has 4 atom stereocenters. The van der Waals surface area contributed by atoms with Crippen LogP contribution in [0.3, 0.4) is 0 Å². The number of amides is 4. The van der Waals surface area contributed by atoms with Crippen LogP contribution in [-0.2, 0) is 32.1 Å². The Morgan fingerprint density at radius 1 is 0.974 bits per heavy atom. The van der Waals surface area contributed by atoms with E-state index in [0.717, 1.165) is 23.1 Å². The maximum atomic E-state index is 13.9. The van der Waals surface area contributed by atoms with E-state index < -0.39 is 6.04 Å². The lowest BCUT2D eigenvalue weighted by Crippen LogP contribution is -2.52. The lowest BCUT2D eigenvalue weighted by molar-refractivity contribution is -0.144. The minimum absolute atomic E-state index is 0.0266. The van der Waals surface area contributed by atoms with Gasteiger partial charge in [0.05, 0.1) is 11.8 Å². The quantitative estimate of drug-likeness (QED) is 0.349. The van der Waals surface area contributed by atoms with E-state index in [-0.39, 0.29) is 61.0 Å². The first-order valence-corrected chi connectivity index (χ1v) is 14.0. The standard InChI is InChI=1S/C32H39N3O4/c1-4-23(3)33-30(37)28(20-24-13-6-5-7-14-24)35(21-25-15-9-8-12-22(25)2)29(36)18-19-34-31(38)26-16-10-11-17-27(26)32(34)39/h5-15,23,26-28H,4,16-21H2,1-3H3,(H,33,37)/t23-,26-,27+,28-/m0/s1. The number of allylic oxidation sites excluding steroid dienone is 2. The van der Waals surface area contributed by atoms with E-state index in [1.165, 1.54) is 4.90 Å². The largest absolute Gasteiger partial charge is 0.352 e. The predicted molar refractivity (Wildman–Crippen MR) is 150 cm³/mol. The van der Waals surface area contributed by atoms with Gasteiger partial charge in [-0.1, -0.05) is 73.7 Å². The van der Waals surface area contributed by atoms with Gasteiger partial charge in [-0.15, -0.1) is 0 Å². The zero-order valence-corrected chi connectivity index (χ0v) is 23.1.